The van der Waals surface area contributed by atoms with Gasteiger partial charge in [-0.1, -0.05) is 6.08 Å². The van der Waals surface area contributed by atoms with E-state index in [4.69, 9.17) is 5.11 Å². The number of aliphatic hydroxyl groups is 1. The Morgan fingerprint density at radius 3 is 3.08 bits per heavy atom. The Kier molecular flexibility index (Phi) is 1.72. The lowest BCUT2D eigenvalue weighted by atomic mass is 10.0. The van der Waals surface area contributed by atoms with Gasteiger partial charge in [0.1, 0.15) is 6.23 Å². The summed E-state index contributed by atoms with van der Waals surface area (Å²) in [7, 11) is 0. The molecule has 66 valence electrons. The van der Waals surface area contributed by atoms with Crippen LogP contribution in [0.3, 0.4) is 0 Å². The minimum absolute atomic E-state index is 0.449. The lowest BCUT2D eigenvalue weighted by Crippen LogP contribution is -2.25. The Bertz CT molecular complexity index is 253. The quantitative estimate of drug-likeness (QED) is 0.606. The van der Waals surface area contributed by atoms with Gasteiger partial charge in [-0.3, -0.25) is 0 Å². The van der Waals surface area contributed by atoms with E-state index in [1.165, 1.54) is 12.0 Å². The van der Waals surface area contributed by atoms with Gasteiger partial charge in [0.25, 0.3) is 0 Å². The van der Waals surface area contributed by atoms with Crippen LogP contribution in [0.4, 0.5) is 0 Å². The number of nitrogens with one attached hydrogen (secondary N) is 1. The molecule has 1 fully saturated rings. The third-order valence-electron chi connectivity index (χ3n) is 2.70. The Hall–Kier alpha value is -0.760. The molecular formula is C10H15NO. The third-order valence-corrected chi connectivity index (χ3v) is 2.70. The molecule has 2 nitrogen and oxygen atoms in total. The molecule has 0 heterocycles. The highest BCUT2D eigenvalue weighted by atomic mass is 16.3. The summed E-state index contributed by atoms with van der Waals surface area (Å²) in [5.74, 6) is 1.56. The van der Waals surface area contributed by atoms with Crippen LogP contribution >= 0.6 is 0 Å². The molecule has 3 unspecified atom stereocenters. The Labute approximate surface area is 73.0 Å². The molecule has 2 rings (SSSR count). The zero-order valence-electron chi connectivity index (χ0n) is 7.54. The predicted octanol–water partition coefficient (Wildman–Crippen LogP) is 1.39. The summed E-state index contributed by atoms with van der Waals surface area (Å²) in [6.07, 6.45) is 5.18. The molecular weight excluding hydrogens is 150 g/mol. The van der Waals surface area contributed by atoms with Gasteiger partial charge in [-0.2, -0.15) is 0 Å². The van der Waals surface area contributed by atoms with Crippen LogP contribution in [0.5, 0.6) is 0 Å². The van der Waals surface area contributed by atoms with Crippen molar-refractivity contribution in [2.75, 3.05) is 0 Å². The second-order valence-corrected chi connectivity index (χ2v) is 3.78. The Morgan fingerprint density at radius 1 is 1.67 bits per heavy atom. The van der Waals surface area contributed by atoms with Crippen molar-refractivity contribution in [1.29, 1.82) is 0 Å². The first-order valence-electron chi connectivity index (χ1n) is 4.52. The van der Waals surface area contributed by atoms with Crippen LogP contribution in [0.25, 0.3) is 0 Å². The maximum Gasteiger partial charge on any atom is 0.121 e. The van der Waals surface area contributed by atoms with E-state index in [9.17, 15) is 0 Å². The van der Waals surface area contributed by atoms with Crippen LogP contribution in [-0.2, 0) is 0 Å². The summed E-state index contributed by atoms with van der Waals surface area (Å²) >= 11 is 0. The topological polar surface area (TPSA) is 32.3 Å². The summed E-state index contributed by atoms with van der Waals surface area (Å²) in [6.45, 7) is 3.89. The van der Waals surface area contributed by atoms with Crippen molar-refractivity contribution in [3.05, 3.63) is 23.4 Å². The highest BCUT2D eigenvalue weighted by Gasteiger charge is 2.39. The van der Waals surface area contributed by atoms with E-state index in [1.54, 1.807) is 6.92 Å². The van der Waals surface area contributed by atoms with E-state index in [0.29, 0.717) is 0 Å². The SMILES string of the molecule is CC1=C(NC(C)O)C=CC2CC12. The van der Waals surface area contributed by atoms with Gasteiger partial charge in [-0.25, -0.2) is 0 Å². The van der Waals surface area contributed by atoms with E-state index in [0.717, 1.165) is 17.5 Å². The number of rotatable bonds is 2. The van der Waals surface area contributed by atoms with Crippen LogP contribution in [0, 0.1) is 11.8 Å². The van der Waals surface area contributed by atoms with Crippen molar-refractivity contribution >= 4 is 0 Å². The zero-order chi connectivity index (χ0) is 8.72. The second-order valence-electron chi connectivity index (χ2n) is 3.78. The predicted molar refractivity (Wildman–Crippen MR) is 48.3 cm³/mol. The lowest BCUT2D eigenvalue weighted by Gasteiger charge is -2.16. The first-order valence-corrected chi connectivity index (χ1v) is 4.52. The summed E-state index contributed by atoms with van der Waals surface area (Å²) in [5.41, 5.74) is 2.52. The van der Waals surface area contributed by atoms with Crippen molar-refractivity contribution < 1.29 is 5.11 Å². The van der Waals surface area contributed by atoms with Gasteiger partial charge >= 0.3 is 0 Å². The molecule has 0 aliphatic heterocycles. The number of allylic oxidation sites excluding steroid dienone is 3. The highest BCUT2D eigenvalue weighted by Crippen LogP contribution is 2.48. The van der Waals surface area contributed by atoms with Crippen LogP contribution in [0.2, 0.25) is 0 Å². The molecule has 2 heteroatoms. The standard InChI is InChI=1S/C10H15NO/c1-6-9-5-8(9)3-4-10(6)11-7(2)12/h3-4,7-9,11-12H,5H2,1-2H3. The fraction of sp³-hybridized carbons (Fsp3) is 0.600. The Balaban J connectivity index is 2.12. The minimum Gasteiger partial charge on any atom is -0.374 e. The smallest absolute Gasteiger partial charge is 0.121 e. The molecule has 2 aliphatic carbocycles. The Morgan fingerprint density at radius 2 is 2.42 bits per heavy atom. The molecule has 2 N–H and O–H groups in total. The molecule has 12 heavy (non-hydrogen) atoms. The van der Waals surface area contributed by atoms with E-state index in [1.807, 2.05) is 0 Å². The number of hydrogen-bond donors (Lipinski definition) is 2. The maximum absolute atomic E-state index is 9.14. The van der Waals surface area contributed by atoms with E-state index in [2.05, 4.69) is 24.4 Å². The highest BCUT2D eigenvalue weighted by molar-refractivity contribution is 5.35. The molecule has 0 amide bonds. The van der Waals surface area contributed by atoms with Gasteiger partial charge < -0.3 is 10.4 Å². The van der Waals surface area contributed by atoms with E-state index in [-0.39, 0.29) is 0 Å². The van der Waals surface area contributed by atoms with Gasteiger partial charge in [0.2, 0.25) is 0 Å². The van der Waals surface area contributed by atoms with Crippen molar-refractivity contribution in [3.63, 3.8) is 0 Å². The van der Waals surface area contributed by atoms with Gasteiger partial charge in [-0.15, -0.1) is 0 Å². The largest absolute Gasteiger partial charge is 0.374 e. The third kappa shape index (κ3) is 1.27. The van der Waals surface area contributed by atoms with Crippen LogP contribution in [0.15, 0.2) is 23.4 Å². The first-order chi connectivity index (χ1) is 5.68. The summed E-state index contributed by atoms with van der Waals surface area (Å²) in [5, 5.41) is 12.2. The number of hydrogen-bond acceptors (Lipinski definition) is 2. The average Bonchev–Trinajstić information content (AvgIpc) is 2.73. The van der Waals surface area contributed by atoms with Crippen LogP contribution in [0.1, 0.15) is 20.3 Å². The van der Waals surface area contributed by atoms with Crippen molar-refractivity contribution in [2.45, 2.75) is 26.5 Å². The van der Waals surface area contributed by atoms with Crippen LogP contribution in [-0.4, -0.2) is 11.3 Å². The first kappa shape index (κ1) is 7.87. The maximum atomic E-state index is 9.14. The normalized spacial score (nSPS) is 34.6. The average molecular weight is 165 g/mol. The van der Waals surface area contributed by atoms with Gasteiger partial charge in [-0.05, 0) is 43.8 Å². The van der Waals surface area contributed by atoms with E-state index < -0.39 is 6.23 Å². The molecule has 0 spiro atoms. The van der Waals surface area contributed by atoms with Crippen molar-refractivity contribution in [2.24, 2.45) is 11.8 Å². The van der Waals surface area contributed by atoms with Gasteiger partial charge in [0.15, 0.2) is 0 Å². The molecule has 0 aromatic carbocycles. The molecule has 2 aliphatic rings. The van der Waals surface area contributed by atoms with Crippen LogP contribution < -0.4 is 5.32 Å². The minimum atomic E-state index is -0.449. The van der Waals surface area contributed by atoms with E-state index >= 15 is 0 Å². The van der Waals surface area contributed by atoms with Gasteiger partial charge in [0.05, 0.1) is 0 Å². The molecule has 0 bridgehead atoms. The van der Waals surface area contributed by atoms with Crippen molar-refractivity contribution in [1.82, 2.24) is 5.32 Å². The zero-order valence-corrected chi connectivity index (χ0v) is 7.54. The summed E-state index contributed by atoms with van der Waals surface area (Å²) in [4.78, 5) is 0. The molecule has 3 atom stereocenters. The lowest BCUT2D eigenvalue weighted by molar-refractivity contribution is 0.170. The molecule has 1 saturated carbocycles. The summed E-state index contributed by atoms with van der Waals surface area (Å²) < 4.78 is 0. The molecule has 0 radical (unpaired) electrons. The number of fused-ring (bicyclic) bond motifs is 1. The second kappa shape index (κ2) is 2.63. The number of aliphatic hydroxyl groups excluding tert-OH is 1. The fourth-order valence-corrected chi connectivity index (χ4v) is 1.86. The van der Waals surface area contributed by atoms with Gasteiger partial charge in [0, 0.05) is 5.70 Å². The molecule has 0 aromatic heterocycles. The fourth-order valence-electron chi connectivity index (χ4n) is 1.86. The summed E-state index contributed by atoms with van der Waals surface area (Å²) in [6, 6.07) is 0. The van der Waals surface area contributed by atoms with Crippen molar-refractivity contribution in [3.8, 4) is 0 Å². The molecule has 0 aromatic rings. The molecule has 0 saturated heterocycles. The monoisotopic (exact) mass is 165 g/mol.